The zero-order valence-corrected chi connectivity index (χ0v) is 23.0. The van der Waals surface area contributed by atoms with E-state index in [0.29, 0.717) is 16.8 Å². The molecule has 0 atom stereocenters. The molecule has 0 saturated carbocycles. The van der Waals surface area contributed by atoms with Crippen LogP contribution in [0.15, 0.2) is 83.9 Å². The Hall–Kier alpha value is -4.52. The first-order valence-corrected chi connectivity index (χ1v) is 13.2. The number of halogens is 1. The van der Waals surface area contributed by atoms with Crippen molar-refractivity contribution in [2.75, 3.05) is 7.11 Å². The molecule has 2 heterocycles. The molecule has 0 unspecified atom stereocenters. The second-order valence-corrected chi connectivity index (χ2v) is 10.4. The maximum Gasteiger partial charge on any atom is 0.311 e. The number of nitrogens with one attached hydrogen (secondary N) is 1. The summed E-state index contributed by atoms with van der Waals surface area (Å²) >= 11 is 12.5. The van der Waals surface area contributed by atoms with Crippen molar-refractivity contribution in [2.45, 2.75) is 0 Å². The summed E-state index contributed by atoms with van der Waals surface area (Å²) in [7, 11) is 1.35. The Labute approximate surface area is 242 Å². The van der Waals surface area contributed by atoms with Crippen molar-refractivity contribution in [2.24, 2.45) is 0 Å². The highest BCUT2D eigenvalue weighted by atomic mass is 35.5. The number of hydrogen-bond donors (Lipinski definition) is 1. The molecule has 10 nitrogen and oxygen atoms in total. The average Bonchev–Trinajstić information content (AvgIpc) is 3.49. The molecule has 1 N–H and O–H groups in total. The predicted molar refractivity (Wildman–Crippen MR) is 156 cm³/mol. The molecule has 4 aromatic rings. The van der Waals surface area contributed by atoms with E-state index in [1.54, 1.807) is 41.2 Å². The monoisotopic (exact) mass is 591 g/mol. The number of benzene rings is 3. The molecule has 2 amide bonds. The standard InChI is InChI=1S/C27H18ClN5O5S2/c1-38-22-12-11-16(13-21(22)33(36)37)24-17(15-31(29-24)18-7-3-2-4-8-18)14-23-26(35)32(27(39)40-23)30-25(34)19-9-5-6-10-20(19)28/h2-15H,1H3,(H,30,34)/b23-14-. The lowest BCUT2D eigenvalue weighted by molar-refractivity contribution is -0.385. The Bertz CT molecular complexity index is 1710. The van der Waals surface area contributed by atoms with Crippen molar-refractivity contribution in [3.63, 3.8) is 0 Å². The Morgan fingerprint density at radius 3 is 2.58 bits per heavy atom. The van der Waals surface area contributed by atoms with Gasteiger partial charge in [-0.3, -0.25) is 25.1 Å². The van der Waals surface area contributed by atoms with Gasteiger partial charge < -0.3 is 4.74 Å². The molecule has 1 saturated heterocycles. The zero-order valence-electron chi connectivity index (χ0n) is 20.6. The summed E-state index contributed by atoms with van der Waals surface area (Å²) in [5.74, 6) is -1.03. The van der Waals surface area contributed by atoms with Crippen LogP contribution in [0.3, 0.4) is 0 Å². The van der Waals surface area contributed by atoms with Gasteiger partial charge in [-0.2, -0.15) is 10.1 Å². The number of thioether (sulfide) groups is 1. The quantitative estimate of drug-likeness (QED) is 0.127. The molecular weight excluding hydrogens is 574 g/mol. The predicted octanol–water partition coefficient (Wildman–Crippen LogP) is 5.66. The fraction of sp³-hybridized carbons (Fsp3) is 0.0370. The van der Waals surface area contributed by atoms with Gasteiger partial charge in [-0.05, 0) is 54.7 Å². The number of hydrazine groups is 1. The van der Waals surface area contributed by atoms with E-state index in [-0.39, 0.29) is 31.2 Å². The molecule has 1 fully saturated rings. The lowest BCUT2D eigenvalue weighted by atomic mass is 10.1. The van der Waals surface area contributed by atoms with E-state index < -0.39 is 16.7 Å². The van der Waals surface area contributed by atoms with Gasteiger partial charge >= 0.3 is 5.69 Å². The van der Waals surface area contributed by atoms with Crippen LogP contribution in [0.2, 0.25) is 5.02 Å². The molecular formula is C27H18ClN5O5S2. The molecule has 1 aromatic heterocycles. The third kappa shape index (κ3) is 5.32. The van der Waals surface area contributed by atoms with E-state index in [0.717, 1.165) is 22.5 Å². The van der Waals surface area contributed by atoms with Crippen LogP contribution in [0.4, 0.5) is 5.69 Å². The molecule has 13 heteroatoms. The van der Waals surface area contributed by atoms with Crippen LogP contribution in [0.5, 0.6) is 5.75 Å². The summed E-state index contributed by atoms with van der Waals surface area (Å²) < 4.78 is 6.86. The van der Waals surface area contributed by atoms with Gasteiger partial charge in [0, 0.05) is 23.4 Å². The van der Waals surface area contributed by atoms with E-state index in [4.69, 9.17) is 28.6 Å². The van der Waals surface area contributed by atoms with Gasteiger partial charge in [0.25, 0.3) is 11.8 Å². The summed E-state index contributed by atoms with van der Waals surface area (Å²) in [4.78, 5) is 37.4. The number of rotatable bonds is 7. The number of carbonyl (C=O) groups is 2. The Morgan fingerprint density at radius 2 is 1.88 bits per heavy atom. The van der Waals surface area contributed by atoms with Crippen LogP contribution in [0.25, 0.3) is 23.0 Å². The van der Waals surface area contributed by atoms with Crippen molar-refractivity contribution >= 4 is 63.5 Å². The fourth-order valence-corrected chi connectivity index (χ4v) is 5.31. The molecule has 0 spiro atoms. The number of methoxy groups -OCH3 is 1. The Kier molecular flexibility index (Phi) is 7.65. The van der Waals surface area contributed by atoms with Crippen molar-refractivity contribution in [3.8, 4) is 22.7 Å². The topological polar surface area (TPSA) is 120 Å². The molecule has 5 rings (SSSR count). The van der Waals surface area contributed by atoms with E-state index in [1.807, 2.05) is 30.3 Å². The Morgan fingerprint density at radius 1 is 1.15 bits per heavy atom. The maximum absolute atomic E-state index is 13.3. The minimum absolute atomic E-state index is 0.105. The second-order valence-electron chi connectivity index (χ2n) is 8.29. The minimum atomic E-state index is -0.591. The average molecular weight is 592 g/mol. The summed E-state index contributed by atoms with van der Waals surface area (Å²) in [6, 6.07) is 20.2. The number of amides is 2. The SMILES string of the molecule is COc1ccc(-c2nn(-c3ccccc3)cc2/C=C2\SC(=S)N(NC(=O)c3ccccc3Cl)C2=O)cc1[N+](=O)[O-]. The van der Waals surface area contributed by atoms with Crippen molar-refractivity contribution in [3.05, 3.63) is 110 Å². The van der Waals surface area contributed by atoms with E-state index in [1.165, 1.54) is 25.3 Å². The highest BCUT2D eigenvalue weighted by Gasteiger charge is 2.34. The number of hydrogen-bond acceptors (Lipinski definition) is 8. The van der Waals surface area contributed by atoms with E-state index in [9.17, 15) is 19.7 Å². The van der Waals surface area contributed by atoms with Crippen LogP contribution in [-0.2, 0) is 4.79 Å². The first-order valence-electron chi connectivity index (χ1n) is 11.6. The number of aromatic nitrogens is 2. The zero-order chi connectivity index (χ0) is 28.4. The maximum atomic E-state index is 13.3. The van der Waals surface area contributed by atoms with Gasteiger partial charge in [-0.1, -0.05) is 53.7 Å². The van der Waals surface area contributed by atoms with Gasteiger partial charge in [0.15, 0.2) is 10.1 Å². The molecule has 3 aromatic carbocycles. The number of carbonyl (C=O) groups excluding carboxylic acids is 2. The normalized spacial score (nSPS) is 14.1. The van der Waals surface area contributed by atoms with E-state index in [2.05, 4.69) is 10.5 Å². The molecule has 0 aliphatic carbocycles. The van der Waals surface area contributed by atoms with Gasteiger partial charge in [-0.15, -0.1) is 0 Å². The van der Waals surface area contributed by atoms with Crippen LogP contribution in [-0.4, -0.2) is 43.0 Å². The molecule has 0 radical (unpaired) electrons. The molecule has 0 bridgehead atoms. The second kappa shape index (κ2) is 11.3. The van der Waals surface area contributed by atoms with Crippen LogP contribution in [0, 0.1) is 10.1 Å². The number of thiocarbonyl (C=S) groups is 1. The number of para-hydroxylation sites is 1. The summed E-state index contributed by atoms with van der Waals surface area (Å²) in [6.07, 6.45) is 3.29. The number of ether oxygens (including phenoxy) is 1. The summed E-state index contributed by atoms with van der Waals surface area (Å²) in [5, 5.41) is 17.5. The van der Waals surface area contributed by atoms with E-state index >= 15 is 0 Å². The lowest BCUT2D eigenvalue weighted by Gasteiger charge is -2.16. The van der Waals surface area contributed by atoms with Crippen LogP contribution >= 0.6 is 35.6 Å². The number of nitrogens with zero attached hydrogens (tertiary/aromatic N) is 4. The van der Waals surface area contributed by atoms with Crippen molar-refractivity contribution in [1.82, 2.24) is 20.2 Å². The highest BCUT2D eigenvalue weighted by Crippen LogP contribution is 2.37. The Balaban J connectivity index is 1.53. The number of nitro groups is 1. The van der Waals surface area contributed by atoms with Crippen molar-refractivity contribution in [1.29, 1.82) is 0 Å². The van der Waals surface area contributed by atoms with Gasteiger partial charge in [0.1, 0.15) is 5.69 Å². The lowest BCUT2D eigenvalue weighted by Crippen LogP contribution is -2.44. The third-order valence-corrected chi connectivity index (χ3v) is 7.46. The molecule has 1 aliphatic rings. The largest absolute Gasteiger partial charge is 0.490 e. The highest BCUT2D eigenvalue weighted by molar-refractivity contribution is 8.26. The van der Waals surface area contributed by atoms with Gasteiger partial charge in [0.05, 0.1) is 33.2 Å². The fourth-order valence-electron chi connectivity index (χ4n) is 3.92. The first kappa shape index (κ1) is 27.1. The van der Waals surface area contributed by atoms with Crippen LogP contribution < -0.4 is 10.2 Å². The minimum Gasteiger partial charge on any atom is -0.490 e. The third-order valence-electron chi connectivity index (χ3n) is 5.82. The smallest absolute Gasteiger partial charge is 0.311 e. The van der Waals surface area contributed by atoms with Crippen molar-refractivity contribution < 1.29 is 19.2 Å². The summed E-state index contributed by atoms with van der Waals surface area (Å²) in [6.45, 7) is 0. The first-order chi connectivity index (χ1) is 19.3. The van der Waals surface area contributed by atoms with Gasteiger partial charge in [-0.25, -0.2) is 4.68 Å². The summed E-state index contributed by atoms with van der Waals surface area (Å²) in [5.41, 5.74) is 4.54. The van der Waals surface area contributed by atoms with Gasteiger partial charge in [0.2, 0.25) is 0 Å². The number of nitro benzene ring substituents is 1. The molecule has 200 valence electrons. The molecule has 40 heavy (non-hydrogen) atoms. The van der Waals surface area contributed by atoms with Crippen LogP contribution in [0.1, 0.15) is 15.9 Å². The molecule has 1 aliphatic heterocycles.